The highest BCUT2D eigenvalue weighted by Gasteiger charge is 2.13. The first-order valence-electron chi connectivity index (χ1n) is 4.77. The zero-order valence-corrected chi connectivity index (χ0v) is 10.5. The van der Waals surface area contributed by atoms with Gasteiger partial charge in [-0.3, -0.25) is 4.79 Å². The molecule has 6 heteroatoms. The molecule has 1 rings (SSSR count). The van der Waals surface area contributed by atoms with Crippen LogP contribution in [0.1, 0.15) is 18.0 Å². The van der Waals surface area contributed by atoms with Crippen LogP contribution in [0.4, 0.5) is 0 Å². The van der Waals surface area contributed by atoms with E-state index in [1.54, 1.807) is 18.2 Å². The van der Waals surface area contributed by atoms with E-state index in [-0.39, 0.29) is 18.8 Å². The quantitative estimate of drug-likeness (QED) is 0.841. The number of benzene rings is 1. The molecule has 0 spiro atoms. The van der Waals surface area contributed by atoms with Gasteiger partial charge in [-0.1, -0.05) is 6.07 Å². The normalized spacial score (nSPS) is 11.2. The van der Waals surface area contributed by atoms with Crippen LogP contribution in [0.25, 0.3) is 0 Å². The van der Waals surface area contributed by atoms with E-state index in [2.05, 4.69) is 0 Å². The SMILES string of the molecule is COc1ccc([C@@H](N)CC(=O)O)cc1OC.Cl. The molecule has 0 unspecified atom stereocenters. The van der Waals surface area contributed by atoms with E-state index in [4.69, 9.17) is 20.3 Å². The van der Waals surface area contributed by atoms with Crippen molar-refractivity contribution in [3.05, 3.63) is 23.8 Å². The van der Waals surface area contributed by atoms with Gasteiger partial charge in [-0.2, -0.15) is 0 Å². The highest BCUT2D eigenvalue weighted by Crippen LogP contribution is 2.30. The van der Waals surface area contributed by atoms with Crippen LogP contribution in [0.3, 0.4) is 0 Å². The molecule has 0 aliphatic rings. The van der Waals surface area contributed by atoms with Gasteiger partial charge in [0.1, 0.15) is 0 Å². The van der Waals surface area contributed by atoms with Crippen molar-refractivity contribution in [2.45, 2.75) is 12.5 Å². The van der Waals surface area contributed by atoms with Gasteiger partial charge in [-0.25, -0.2) is 0 Å². The first-order chi connectivity index (χ1) is 7.58. The minimum Gasteiger partial charge on any atom is -0.493 e. The van der Waals surface area contributed by atoms with Crippen molar-refractivity contribution in [2.75, 3.05) is 14.2 Å². The second-order valence-corrected chi connectivity index (χ2v) is 3.32. The molecule has 0 bridgehead atoms. The Morgan fingerprint density at radius 1 is 1.35 bits per heavy atom. The maximum absolute atomic E-state index is 10.5. The van der Waals surface area contributed by atoms with Gasteiger partial charge in [0.05, 0.1) is 20.6 Å². The van der Waals surface area contributed by atoms with Crippen molar-refractivity contribution in [3.63, 3.8) is 0 Å². The molecule has 0 radical (unpaired) electrons. The topological polar surface area (TPSA) is 81.8 Å². The summed E-state index contributed by atoms with van der Waals surface area (Å²) in [6.07, 6.45) is -0.116. The van der Waals surface area contributed by atoms with Gasteiger partial charge < -0.3 is 20.3 Å². The predicted molar refractivity (Wildman–Crippen MR) is 66.0 cm³/mol. The molecule has 17 heavy (non-hydrogen) atoms. The van der Waals surface area contributed by atoms with Crippen LogP contribution in [0.15, 0.2) is 18.2 Å². The molecule has 0 saturated heterocycles. The number of aliphatic carboxylic acids is 1. The molecule has 0 aliphatic heterocycles. The summed E-state index contributed by atoms with van der Waals surface area (Å²) in [4.78, 5) is 10.5. The third kappa shape index (κ3) is 4.13. The Morgan fingerprint density at radius 2 is 1.94 bits per heavy atom. The van der Waals surface area contributed by atoms with Crippen molar-refractivity contribution >= 4 is 18.4 Å². The van der Waals surface area contributed by atoms with Crippen molar-refractivity contribution in [1.82, 2.24) is 0 Å². The van der Waals surface area contributed by atoms with Crippen LogP contribution in [0, 0.1) is 0 Å². The van der Waals surface area contributed by atoms with Crippen LogP contribution >= 0.6 is 12.4 Å². The number of methoxy groups -OCH3 is 2. The van der Waals surface area contributed by atoms with E-state index in [0.717, 1.165) is 0 Å². The number of hydrogen-bond acceptors (Lipinski definition) is 4. The van der Waals surface area contributed by atoms with E-state index in [0.29, 0.717) is 17.1 Å². The first-order valence-corrected chi connectivity index (χ1v) is 4.77. The van der Waals surface area contributed by atoms with Crippen LogP contribution in [0.2, 0.25) is 0 Å². The molecule has 0 saturated carbocycles. The molecular weight excluding hydrogens is 246 g/mol. The molecule has 1 aromatic carbocycles. The molecule has 5 nitrogen and oxygen atoms in total. The van der Waals surface area contributed by atoms with E-state index < -0.39 is 12.0 Å². The molecule has 0 aromatic heterocycles. The molecule has 0 heterocycles. The Bertz CT molecular complexity index is 384. The van der Waals surface area contributed by atoms with Gasteiger partial charge in [0.2, 0.25) is 0 Å². The Kier molecular flexibility index (Phi) is 6.38. The van der Waals surface area contributed by atoms with Crippen LogP contribution < -0.4 is 15.2 Å². The van der Waals surface area contributed by atoms with Crippen molar-refractivity contribution < 1.29 is 19.4 Å². The zero-order valence-electron chi connectivity index (χ0n) is 9.67. The lowest BCUT2D eigenvalue weighted by molar-refractivity contribution is -0.137. The Balaban J connectivity index is 0.00000256. The van der Waals surface area contributed by atoms with Crippen molar-refractivity contribution in [3.8, 4) is 11.5 Å². The third-order valence-electron chi connectivity index (χ3n) is 2.23. The zero-order chi connectivity index (χ0) is 12.1. The highest BCUT2D eigenvalue weighted by atomic mass is 35.5. The standard InChI is InChI=1S/C11H15NO4.ClH/c1-15-9-4-3-7(5-10(9)16-2)8(12)6-11(13)14;/h3-5,8H,6,12H2,1-2H3,(H,13,14);1H/t8-;/m0./s1. The summed E-state index contributed by atoms with van der Waals surface area (Å²) in [5.74, 6) is 0.205. The number of hydrogen-bond donors (Lipinski definition) is 2. The van der Waals surface area contributed by atoms with E-state index in [1.165, 1.54) is 14.2 Å². The van der Waals surface area contributed by atoms with Gasteiger partial charge in [-0.15, -0.1) is 12.4 Å². The average Bonchev–Trinajstić information content (AvgIpc) is 2.27. The molecule has 1 aromatic rings. The summed E-state index contributed by atoms with van der Waals surface area (Å²) in [6.45, 7) is 0. The lowest BCUT2D eigenvalue weighted by atomic mass is 10.0. The van der Waals surface area contributed by atoms with Gasteiger partial charge in [0.25, 0.3) is 0 Å². The molecule has 0 fully saturated rings. The van der Waals surface area contributed by atoms with Crippen LogP contribution in [-0.2, 0) is 4.79 Å². The number of carboxylic acids is 1. The molecule has 96 valence electrons. The number of carboxylic acid groups (broad SMARTS) is 1. The summed E-state index contributed by atoms with van der Waals surface area (Å²) >= 11 is 0. The monoisotopic (exact) mass is 261 g/mol. The fourth-order valence-electron chi connectivity index (χ4n) is 1.39. The number of rotatable bonds is 5. The predicted octanol–water partition coefficient (Wildman–Crippen LogP) is 1.60. The van der Waals surface area contributed by atoms with Crippen molar-refractivity contribution in [1.29, 1.82) is 0 Å². The number of nitrogens with two attached hydrogens (primary N) is 1. The second kappa shape index (κ2) is 6.98. The van der Waals surface area contributed by atoms with Crippen LogP contribution in [0.5, 0.6) is 11.5 Å². The minimum atomic E-state index is -0.928. The summed E-state index contributed by atoms with van der Waals surface area (Å²) in [5.41, 5.74) is 6.44. The largest absolute Gasteiger partial charge is 0.493 e. The highest BCUT2D eigenvalue weighted by molar-refractivity contribution is 5.85. The lowest BCUT2D eigenvalue weighted by Crippen LogP contribution is -2.15. The number of ether oxygens (including phenoxy) is 2. The summed E-state index contributed by atoms with van der Waals surface area (Å²) < 4.78 is 10.2. The Labute approximate surface area is 106 Å². The minimum absolute atomic E-state index is 0. The third-order valence-corrected chi connectivity index (χ3v) is 2.23. The maximum Gasteiger partial charge on any atom is 0.305 e. The van der Waals surface area contributed by atoms with Crippen molar-refractivity contribution in [2.24, 2.45) is 5.73 Å². The van der Waals surface area contributed by atoms with E-state index >= 15 is 0 Å². The van der Waals surface area contributed by atoms with E-state index in [1.807, 2.05) is 0 Å². The molecule has 1 atom stereocenters. The van der Waals surface area contributed by atoms with Gasteiger partial charge >= 0.3 is 5.97 Å². The average molecular weight is 262 g/mol. The maximum atomic E-state index is 10.5. The second-order valence-electron chi connectivity index (χ2n) is 3.32. The van der Waals surface area contributed by atoms with Gasteiger partial charge in [0, 0.05) is 6.04 Å². The van der Waals surface area contributed by atoms with E-state index in [9.17, 15) is 4.79 Å². The van der Waals surface area contributed by atoms with Crippen LogP contribution in [-0.4, -0.2) is 25.3 Å². The summed E-state index contributed by atoms with van der Waals surface area (Å²) in [5, 5.41) is 8.64. The molecule has 0 amide bonds. The summed E-state index contributed by atoms with van der Waals surface area (Å²) in [7, 11) is 3.05. The molecular formula is C11H16ClNO4. The van der Waals surface area contributed by atoms with Gasteiger partial charge in [-0.05, 0) is 17.7 Å². The number of carbonyl (C=O) groups is 1. The molecule has 3 N–H and O–H groups in total. The summed E-state index contributed by atoms with van der Waals surface area (Å²) in [6, 6.07) is 4.58. The van der Waals surface area contributed by atoms with Gasteiger partial charge in [0.15, 0.2) is 11.5 Å². The Hall–Kier alpha value is -1.46. The smallest absolute Gasteiger partial charge is 0.305 e. The fourth-order valence-corrected chi connectivity index (χ4v) is 1.39. The number of halogens is 1. The fraction of sp³-hybridized carbons (Fsp3) is 0.364. The Morgan fingerprint density at radius 3 is 2.41 bits per heavy atom. The molecule has 0 aliphatic carbocycles. The lowest BCUT2D eigenvalue weighted by Gasteiger charge is -2.13. The first kappa shape index (κ1) is 15.5.